The van der Waals surface area contributed by atoms with E-state index < -0.39 is 6.36 Å². The van der Waals surface area contributed by atoms with Crippen molar-refractivity contribution in [2.45, 2.75) is 37.6 Å². The molecule has 0 bridgehead atoms. The van der Waals surface area contributed by atoms with Crippen LogP contribution < -0.4 is 10.1 Å². The third-order valence-electron chi connectivity index (χ3n) is 6.45. The lowest BCUT2D eigenvalue weighted by atomic mass is 9.89. The molecule has 2 N–H and O–H groups in total. The number of hydrogen-bond acceptors (Lipinski definition) is 6. The van der Waals surface area contributed by atoms with Crippen LogP contribution in [0.3, 0.4) is 0 Å². The molecule has 4 heterocycles. The Bertz CT molecular complexity index is 1170. The minimum atomic E-state index is -4.76. The van der Waals surface area contributed by atoms with Crippen LogP contribution in [-0.2, 0) is 4.74 Å². The molecule has 1 atom stereocenters. The number of nitrogens with zero attached hydrogens (tertiary/aromatic N) is 3. The first-order chi connectivity index (χ1) is 16.9. The van der Waals surface area contributed by atoms with Crippen LogP contribution in [0, 0.1) is 0 Å². The van der Waals surface area contributed by atoms with Gasteiger partial charge in [0.2, 0.25) is 0 Å². The van der Waals surface area contributed by atoms with Crippen molar-refractivity contribution in [3.05, 3.63) is 53.5 Å². The standard InChI is InChI=1S/C24H26F3N5O3/c25-24(26,27)35-17-4-2-16(3-5-17)23(33)32-11-7-15(8-12-32)18-6-10-29-22-20(18)30-21(31-22)19-14-28-9-1-13-34-19/h2-6,10,15,19,28H,1,7-9,11-14H2,(H,29,30,31)/t19-/m1/s1. The van der Waals surface area contributed by atoms with Crippen LogP contribution in [0.15, 0.2) is 36.5 Å². The van der Waals surface area contributed by atoms with Gasteiger partial charge in [0.1, 0.15) is 17.7 Å². The molecular weight excluding hydrogens is 463 g/mol. The predicted octanol–water partition coefficient (Wildman–Crippen LogP) is 3.93. The summed E-state index contributed by atoms with van der Waals surface area (Å²) in [4.78, 5) is 27.1. The molecule has 0 spiro atoms. The quantitative estimate of drug-likeness (QED) is 0.577. The van der Waals surface area contributed by atoms with E-state index in [4.69, 9.17) is 4.74 Å². The number of aromatic nitrogens is 3. The Balaban J connectivity index is 1.25. The molecular formula is C24H26F3N5O3. The lowest BCUT2D eigenvalue weighted by Gasteiger charge is -2.32. The van der Waals surface area contributed by atoms with Gasteiger partial charge in [0.25, 0.3) is 5.91 Å². The Morgan fingerprint density at radius 1 is 1.14 bits per heavy atom. The maximum Gasteiger partial charge on any atom is 0.573 e. The Hall–Kier alpha value is -3.18. The molecule has 11 heteroatoms. The van der Waals surface area contributed by atoms with Crippen LogP contribution in [0.1, 0.15) is 53.0 Å². The van der Waals surface area contributed by atoms with Gasteiger partial charge in [-0.25, -0.2) is 9.97 Å². The second-order valence-corrected chi connectivity index (χ2v) is 8.78. The average Bonchev–Trinajstić information content (AvgIpc) is 3.10. The number of halogens is 3. The number of benzene rings is 1. The number of aromatic amines is 1. The summed E-state index contributed by atoms with van der Waals surface area (Å²) in [5.41, 5.74) is 3.01. The third-order valence-corrected chi connectivity index (χ3v) is 6.45. The number of amides is 1. The van der Waals surface area contributed by atoms with Crippen molar-refractivity contribution >= 4 is 17.1 Å². The summed E-state index contributed by atoms with van der Waals surface area (Å²) >= 11 is 0. The molecule has 1 aromatic carbocycles. The van der Waals surface area contributed by atoms with E-state index in [-0.39, 0.29) is 23.7 Å². The van der Waals surface area contributed by atoms with E-state index in [2.05, 4.69) is 25.0 Å². The lowest BCUT2D eigenvalue weighted by molar-refractivity contribution is -0.274. The molecule has 2 aliphatic rings. The molecule has 186 valence electrons. The largest absolute Gasteiger partial charge is 0.573 e. The highest BCUT2D eigenvalue weighted by molar-refractivity contribution is 5.94. The molecule has 8 nitrogen and oxygen atoms in total. The van der Waals surface area contributed by atoms with Crippen molar-refractivity contribution in [1.29, 1.82) is 0 Å². The number of rotatable bonds is 4. The number of piperidine rings is 1. The number of imidazole rings is 1. The van der Waals surface area contributed by atoms with Crippen LogP contribution in [0.5, 0.6) is 5.75 Å². The molecule has 2 aliphatic heterocycles. The highest BCUT2D eigenvalue weighted by Crippen LogP contribution is 2.33. The fraction of sp³-hybridized carbons (Fsp3) is 0.458. The molecule has 3 aromatic rings. The number of carbonyl (C=O) groups is 1. The second-order valence-electron chi connectivity index (χ2n) is 8.78. The van der Waals surface area contributed by atoms with Crippen molar-refractivity contribution in [2.24, 2.45) is 0 Å². The summed E-state index contributed by atoms with van der Waals surface area (Å²) in [5.74, 6) is 0.440. The number of alkyl halides is 3. The molecule has 5 rings (SSSR count). The zero-order valence-electron chi connectivity index (χ0n) is 19.0. The Morgan fingerprint density at radius 2 is 1.91 bits per heavy atom. The normalized spacial score (nSPS) is 20.1. The van der Waals surface area contributed by atoms with E-state index in [1.165, 1.54) is 12.1 Å². The van der Waals surface area contributed by atoms with Gasteiger partial charge in [-0.1, -0.05) is 0 Å². The summed E-state index contributed by atoms with van der Waals surface area (Å²) in [6.45, 7) is 3.39. The summed E-state index contributed by atoms with van der Waals surface area (Å²) in [5, 5.41) is 3.36. The molecule has 0 radical (unpaired) electrons. The molecule has 0 unspecified atom stereocenters. The van der Waals surface area contributed by atoms with E-state index in [0.717, 1.165) is 54.8 Å². The van der Waals surface area contributed by atoms with Crippen LogP contribution in [0.25, 0.3) is 11.2 Å². The van der Waals surface area contributed by atoms with Crippen LogP contribution in [0.4, 0.5) is 13.2 Å². The van der Waals surface area contributed by atoms with Gasteiger partial charge in [0.15, 0.2) is 5.65 Å². The van der Waals surface area contributed by atoms with Crippen molar-refractivity contribution in [2.75, 3.05) is 32.8 Å². The van der Waals surface area contributed by atoms with Crippen molar-refractivity contribution in [3.63, 3.8) is 0 Å². The topological polar surface area (TPSA) is 92.4 Å². The van der Waals surface area contributed by atoms with E-state index in [9.17, 15) is 18.0 Å². The fourth-order valence-corrected chi connectivity index (χ4v) is 4.71. The minimum absolute atomic E-state index is 0.146. The number of nitrogens with one attached hydrogen (secondary N) is 2. The second kappa shape index (κ2) is 9.82. The molecule has 2 saturated heterocycles. The first-order valence-electron chi connectivity index (χ1n) is 11.7. The van der Waals surface area contributed by atoms with Crippen molar-refractivity contribution < 1.29 is 27.4 Å². The number of H-pyrrole nitrogens is 1. The summed E-state index contributed by atoms with van der Waals surface area (Å²) < 4.78 is 46.9. The number of likely N-dealkylation sites (tertiary alicyclic amines) is 1. The molecule has 0 aliphatic carbocycles. The van der Waals surface area contributed by atoms with E-state index in [0.29, 0.717) is 37.5 Å². The summed E-state index contributed by atoms with van der Waals surface area (Å²) in [6, 6.07) is 7.03. The van der Waals surface area contributed by atoms with Gasteiger partial charge in [-0.05, 0) is 67.6 Å². The highest BCUT2D eigenvalue weighted by atomic mass is 19.4. The average molecular weight is 489 g/mol. The molecule has 0 saturated carbocycles. The zero-order valence-corrected chi connectivity index (χ0v) is 19.0. The number of hydrogen-bond donors (Lipinski definition) is 2. The van der Waals surface area contributed by atoms with Crippen molar-refractivity contribution in [1.82, 2.24) is 25.2 Å². The number of fused-ring (bicyclic) bond motifs is 1. The van der Waals surface area contributed by atoms with Gasteiger partial charge < -0.3 is 24.7 Å². The summed E-state index contributed by atoms with van der Waals surface area (Å²) in [6.07, 6.45) is -0.668. The van der Waals surface area contributed by atoms with E-state index in [1.807, 2.05) is 6.07 Å². The van der Waals surface area contributed by atoms with Gasteiger partial charge >= 0.3 is 6.36 Å². The number of pyridine rings is 1. The maximum absolute atomic E-state index is 12.9. The van der Waals surface area contributed by atoms with Crippen LogP contribution >= 0.6 is 0 Å². The minimum Gasteiger partial charge on any atom is -0.406 e. The number of carbonyl (C=O) groups excluding carboxylic acids is 1. The Morgan fingerprint density at radius 3 is 2.66 bits per heavy atom. The molecule has 35 heavy (non-hydrogen) atoms. The van der Waals surface area contributed by atoms with Gasteiger partial charge in [0.05, 0.1) is 5.52 Å². The zero-order chi connectivity index (χ0) is 24.4. The van der Waals surface area contributed by atoms with Gasteiger partial charge in [-0.3, -0.25) is 4.79 Å². The van der Waals surface area contributed by atoms with Gasteiger partial charge in [-0.2, -0.15) is 0 Å². The number of ether oxygens (including phenoxy) is 2. The van der Waals surface area contributed by atoms with E-state index >= 15 is 0 Å². The SMILES string of the molecule is O=C(c1ccc(OC(F)(F)F)cc1)N1CCC(c2ccnc3nc([C@H]4CNCCCO4)[nH]c23)CC1. The Labute approximate surface area is 199 Å². The summed E-state index contributed by atoms with van der Waals surface area (Å²) in [7, 11) is 0. The van der Waals surface area contributed by atoms with Crippen molar-refractivity contribution in [3.8, 4) is 5.75 Å². The lowest BCUT2D eigenvalue weighted by Crippen LogP contribution is -2.38. The maximum atomic E-state index is 12.9. The van der Waals surface area contributed by atoms with Crippen LogP contribution in [-0.4, -0.2) is 64.9 Å². The third kappa shape index (κ3) is 5.40. The highest BCUT2D eigenvalue weighted by Gasteiger charge is 2.31. The fourth-order valence-electron chi connectivity index (χ4n) is 4.71. The smallest absolute Gasteiger partial charge is 0.406 e. The Kier molecular flexibility index (Phi) is 6.61. The van der Waals surface area contributed by atoms with Gasteiger partial charge in [0, 0.05) is 38.0 Å². The van der Waals surface area contributed by atoms with Gasteiger partial charge in [-0.15, -0.1) is 13.2 Å². The first kappa shape index (κ1) is 23.6. The monoisotopic (exact) mass is 489 g/mol. The molecule has 2 fully saturated rings. The van der Waals surface area contributed by atoms with E-state index in [1.54, 1.807) is 11.1 Å². The molecule has 1 amide bonds. The first-order valence-corrected chi connectivity index (χ1v) is 11.7. The predicted molar refractivity (Wildman–Crippen MR) is 121 cm³/mol. The molecule has 2 aromatic heterocycles. The van der Waals surface area contributed by atoms with Crippen LogP contribution in [0.2, 0.25) is 0 Å².